The lowest BCUT2D eigenvalue weighted by molar-refractivity contribution is -0.133. The number of rotatable bonds is 7. The van der Waals surface area contributed by atoms with Crippen LogP contribution in [0.1, 0.15) is 42.3 Å². The van der Waals surface area contributed by atoms with Crippen LogP contribution in [0.3, 0.4) is 0 Å². The zero-order valence-electron chi connectivity index (χ0n) is 22.7. The number of halogens is 3. The molecule has 0 aliphatic carbocycles. The molecule has 0 spiro atoms. The number of fused-ring (bicyclic) bond motifs is 1. The summed E-state index contributed by atoms with van der Waals surface area (Å²) in [7, 11) is 0.691. The third kappa shape index (κ3) is 5.01. The molecule has 41 heavy (non-hydrogen) atoms. The quantitative estimate of drug-likeness (QED) is 0.391. The maximum atomic E-state index is 16.4. The van der Waals surface area contributed by atoms with Gasteiger partial charge in [-0.05, 0) is 45.1 Å². The van der Waals surface area contributed by atoms with Crippen LogP contribution in [0.15, 0.2) is 42.7 Å². The van der Waals surface area contributed by atoms with Crippen molar-refractivity contribution < 1.29 is 23.1 Å². The molecule has 3 aromatic rings. The van der Waals surface area contributed by atoms with Crippen molar-refractivity contribution in [1.82, 2.24) is 14.9 Å². The van der Waals surface area contributed by atoms with E-state index in [1.807, 2.05) is 13.8 Å². The minimum absolute atomic E-state index is 0.00520. The van der Waals surface area contributed by atoms with Gasteiger partial charge >= 0.3 is 0 Å². The number of anilines is 2. The van der Waals surface area contributed by atoms with Crippen LogP contribution in [-0.4, -0.2) is 70.3 Å². The lowest BCUT2D eigenvalue weighted by Crippen LogP contribution is -2.58. The first kappa shape index (κ1) is 27.8. The summed E-state index contributed by atoms with van der Waals surface area (Å²) in [6.45, 7) is 6.28. The van der Waals surface area contributed by atoms with Gasteiger partial charge in [0.25, 0.3) is 5.91 Å². The molecule has 2 aromatic heterocycles. The zero-order valence-corrected chi connectivity index (χ0v) is 24.5. The number of nitrogens with one attached hydrogen (secondary N) is 1. The van der Waals surface area contributed by atoms with E-state index in [1.54, 1.807) is 36.1 Å². The second-order valence-electron chi connectivity index (χ2n) is 11.1. The number of amides is 2. The Morgan fingerprint density at radius 2 is 1.93 bits per heavy atom. The smallest absolute Gasteiger partial charge is 0.261 e. The molecule has 6 rings (SSSR count). The summed E-state index contributed by atoms with van der Waals surface area (Å²) in [6.07, 6.45) is 3.72. The maximum Gasteiger partial charge on any atom is 0.261 e. The van der Waals surface area contributed by atoms with Crippen LogP contribution in [0.4, 0.5) is 20.4 Å². The molecule has 12 heteroatoms. The lowest BCUT2D eigenvalue weighted by atomic mass is 9.71. The molecule has 2 amide bonds. The summed E-state index contributed by atoms with van der Waals surface area (Å²) >= 11 is 6.16. The fraction of sp³-hybridized carbons (Fsp3) is 0.379. The van der Waals surface area contributed by atoms with Gasteiger partial charge in [0.1, 0.15) is 17.4 Å². The number of likely N-dealkylation sites (tertiary alicyclic amines) is 1. The third-order valence-electron chi connectivity index (χ3n) is 7.68. The number of benzene rings is 1. The zero-order chi connectivity index (χ0) is 29.1. The van der Waals surface area contributed by atoms with E-state index in [0.29, 0.717) is 33.2 Å². The highest BCUT2D eigenvalue weighted by atomic mass is 35.5. The molecule has 2 saturated heterocycles. The molecule has 5 heterocycles. The molecule has 2 fully saturated rings. The molecule has 1 aromatic carbocycles. The van der Waals surface area contributed by atoms with Crippen LogP contribution >= 0.6 is 20.2 Å². The van der Waals surface area contributed by atoms with Gasteiger partial charge in [0.2, 0.25) is 5.91 Å². The van der Waals surface area contributed by atoms with Crippen molar-refractivity contribution in [3.05, 3.63) is 76.1 Å². The van der Waals surface area contributed by atoms with Crippen molar-refractivity contribution in [3.63, 3.8) is 0 Å². The fourth-order valence-corrected chi connectivity index (χ4v) is 6.33. The lowest BCUT2D eigenvalue weighted by Gasteiger charge is -2.43. The molecule has 3 atom stereocenters. The predicted octanol–water partition coefficient (Wildman–Crippen LogP) is 4.85. The SMILES string of the molecule is CC(C)Oc1ccc(N2C[C@](C)(c3cccc(Cl)c3F)c3c(cnc(NC4CN(C(=O)C5CP5)C4)c3F)C2=O)nc1. The summed E-state index contributed by atoms with van der Waals surface area (Å²) in [4.78, 5) is 37.9. The second-order valence-corrected chi connectivity index (χ2v) is 13.0. The first-order valence-electron chi connectivity index (χ1n) is 13.4. The van der Waals surface area contributed by atoms with Gasteiger partial charge in [-0.25, -0.2) is 18.7 Å². The molecular formula is C29H29ClF2N5O3P. The van der Waals surface area contributed by atoms with Gasteiger partial charge in [-0.2, -0.15) is 0 Å². The number of pyridine rings is 2. The highest BCUT2D eigenvalue weighted by Crippen LogP contribution is 2.45. The van der Waals surface area contributed by atoms with Gasteiger partial charge in [-0.3, -0.25) is 14.5 Å². The Kier molecular flexibility index (Phi) is 7.10. The van der Waals surface area contributed by atoms with E-state index in [9.17, 15) is 9.59 Å². The first-order valence-corrected chi connectivity index (χ1v) is 15.1. The summed E-state index contributed by atoms with van der Waals surface area (Å²) < 4.78 is 37.6. The van der Waals surface area contributed by atoms with Crippen LogP contribution in [0, 0.1) is 11.6 Å². The number of carbonyl (C=O) groups is 2. The number of nitrogens with zero attached hydrogens (tertiary/aromatic N) is 4. The minimum atomic E-state index is -1.34. The number of aromatic nitrogens is 2. The molecular weight excluding hydrogens is 571 g/mol. The molecule has 3 aliphatic rings. The molecule has 3 aliphatic heterocycles. The van der Waals surface area contributed by atoms with Gasteiger partial charge < -0.3 is 15.0 Å². The van der Waals surface area contributed by atoms with Crippen LogP contribution < -0.4 is 15.0 Å². The Labute approximate surface area is 243 Å². The van der Waals surface area contributed by atoms with Crippen molar-refractivity contribution in [2.24, 2.45) is 0 Å². The minimum Gasteiger partial charge on any atom is -0.489 e. The van der Waals surface area contributed by atoms with Crippen molar-refractivity contribution in [3.8, 4) is 5.75 Å². The van der Waals surface area contributed by atoms with E-state index in [2.05, 4.69) is 15.3 Å². The topological polar surface area (TPSA) is 87.7 Å². The van der Waals surface area contributed by atoms with Crippen molar-refractivity contribution in [2.75, 3.05) is 36.0 Å². The number of carbonyl (C=O) groups excluding carboxylic acids is 2. The number of ether oxygens (including phenoxy) is 1. The highest BCUT2D eigenvalue weighted by molar-refractivity contribution is 7.49. The Bertz CT molecular complexity index is 1530. The number of hydrogen-bond donors (Lipinski definition) is 1. The average Bonchev–Trinajstić information content (AvgIpc) is 3.76. The van der Waals surface area contributed by atoms with E-state index >= 15 is 8.78 Å². The van der Waals surface area contributed by atoms with Crippen LogP contribution in [-0.2, 0) is 10.2 Å². The first-order chi connectivity index (χ1) is 19.6. The molecule has 8 nitrogen and oxygen atoms in total. The van der Waals surface area contributed by atoms with E-state index in [4.69, 9.17) is 16.3 Å². The third-order valence-corrected chi connectivity index (χ3v) is 9.03. The maximum absolute atomic E-state index is 16.4. The summed E-state index contributed by atoms with van der Waals surface area (Å²) in [6, 6.07) is 7.73. The Morgan fingerprint density at radius 1 is 1.17 bits per heavy atom. The van der Waals surface area contributed by atoms with Gasteiger partial charge in [0.05, 0.1) is 34.6 Å². The largest absolute Gasteiger partial charge is 0.489 e. The summed E-state index contributed by atoms with van der Waals surface area (Å²) in [5, 5.41) is 2.98. The Hall–Kier alpha value is -3.36. The second kappa shape index (κ2) is 10.5. The fourth-order valence-electron chi connectivity index (χ4n) is 5.51. The van der Waals surface area contributed by atoms with Crippen LogP contribution in [0.2, 0.25) is 5.02 Å². The van der Waals surface area contributed by atoms with E-state index in [1.165, 1.54) is 23.4 Å². The van der Waals surface area contributed by atoms with E-state index in [-0.39, 0.29) is 57.8 Å². The van der Waals surface area contributed by atoms with Crippen molar-refractivity contribution in [2.45, 2.75) is 44.0 Å². The molecule has 0 saturated carbocycles. The van der Waals surface area contributed by atoms with Gasteiger partial charge in [0.15, 0.2) is 11.6 Å². The molecule has 2 unspecified atom stereocenters. The van der Waals surface area contributed by atoms with Crippen LogP contribution in [0.5, 0.6) is 5.75 Å². The van der Waals surface area contributed by atoms with Crippen molar-refractivity contribution in [1.29, 1.82) is 0 Å². The molecule has 214 valence electrons. The summed E-state index contributed by atoms with van der Waals surface area (Å²) in [5.74, 6) is -0.985. The van der Waals surface area contributed by atoms with E-state index in [0.717, 1.165) is 6.16 Å². The van der Waals surface area contributed by atoms with Gasteiger partial charge in [-0.15, -0.1) is 8.58 Å². The Morgan fingerprint density at radius 3 is 2.59 bits per heavy atom. The van der Waals surface area contributed by atoms with Gasteiger partial charge in [0, 0.05) is 42.4 Å². The van der Waals surface area contributed by atoms with Gasteiger partial charge in [-0.1, -0.05) is 23.7 Å². The highest BCUT2D eigenvalue weighted by Gasteiger charge is 2.47. The molecule has 0 radical (unpaired) electrons. The summed E-state index contributed by atoms with van der Waals surface area (Å²) in [5.41, 5.74) is -1.02. The molecule has 1 N–H and O–H groups in total. The monoisotopic (exact) mass is 599 g/mol. The number of hydrogen-bond acceptors (Lipinski definition) is 6. The van der Waals surface area contributed by atoms with E-state index < -0.39 is 23.0 Å². The van der Waals surface area contributed by atoms with Crippen LogP contribution in [0.25, 0.3) is 0 Å². The Balaban J connectivity index is 1.37. The average molecular weight is 600 g/mol. The standard InChI is InChI=1S/C29H29ClF2N5O3P/c1-15(2)40-17-7-8-22(33-9-17)37-14-29(3,19-5-4-6-20(30)24(19)31)23-18(27(37)38)10-34-26(25(23)32)35-16-11-36(12-16)28(39)21-13-41-21/h4-10,15-16,21,41H,11-14H2,1-3H3,(H,34,35)/t21?,29-/m1/s1. The predicted molar refractivity (Wildman–Crippen MR) is 155 cm³/mol. The van der Waals surface area contributed by atoms with Crippen molar-refractivity contribution >= 4 is 43.6 Å². The normalized spacial score (nSPS) is 22.5. The molecule has 0 bridgehead atoms.